The first-order valence-electron chi connectivity index (χ1n) is 8.37. The monoisotopic (exact) mass is 377 g/mol. The van der Waals surface area contributed by atoms with Crippen molar-refractivity contribution >= 4 is 17.2 Å². The minimum atomic E-state index is -0.130. The number of nitrogens with two attached hydrogens (primary N) is 1. The molecule has 0 bridgehead atoms. The van der Waals surface area contributed by atoms with Gasteiger partial charge in [-0.1, -0.05) is 13.8 Å². The predicted molar refractivity (Wildman–Crippen MR) is 105 cm³/mol. The van der Waals surface area contributed by atoms with Gasteiger partial charge in [0.1, 0.15) is 9.88 Å². The van der Waals surface area contributed by atoms with E-state index >= 15 is 0 Å². The maximum atomic E-state index is 12.8. The molecule has 2 N–H and O–H groups in total. The van der Waals surface area contributed by atoms with Gasteiger partial charge in [0, 0.05) is 19.2 Å². The first-order chi connectivity index (χ1) is 12.2. The van der Waals surface area contributed by atoms with Gasteiger partial charge in [0.2, 0.25) is 0 Å². The van der Waals surface area contributed by atoms with Crippen molar-refractivity contribution in [3.63, 3.8) is 0 Å². The molecule has 1 aromatic heterocycles. The zero-order valence-corrected chi connectivity index (χ0v) is 17.1. The van der Waals surface area contributed by atoms with Gasteiger partial charge in [-0.05, 0) is 37.1 Å². The van der Waals surface area contributed by atoms with Crippen LogP contribution < -0.4 is 15.2 Å². The number of rotatable bonds is 7. The van der Waals surface area contributed by atoms with Gasteiger partial charge in [0.15, 0.2) is 11.5 Å². The summed E-state index contributed by atoms with van der Waals surface area (Å²) in [4.78, 5) is 19.8. The van der Waals surface area contributed by atoms with Crippen LogP contribution in [-0.2, 0) is 0 Å². The summed E-state index contributed by atoms with van der Waals surface area (Å²) in [5.41, 5.74) is 7.27. The van der Waals surface area contributed by atoms with Crippen LogP contribution in [0.4, 0.5) is 0 Å². The van der Waals surface area contributed by atoms with Crippen molar-refractivity contribution in [2.24, 2.45) is 11.1 Å². The molecule has 6 nitrogen and oxygen atoms in total. The minimum Gasteiger partial charge on any atom is -0.493 e. The Morgan fingerprint density at radius 3 is 2.50 bits per heavy atom. The van der Waals surface area contributed by atoms with Gasteiger partial charge in [-0.15, -0.1) is 11.3 Å². The predicted octanol–water partition coefficient (Wildman–Crippen LogP) is 3.19. The molecule has 0 aliphatic heterocycles. The zero-order valence-electron chi connectivity index (χ0n) is 16.3. The SMILES string of the molecule is COc1ccc(-c2nc(C)c(C(=O)N(C)CC(C)(C)CN)s2)cc1OC. The number of ether oxygens (including phenoxy) is 2. The van der Waals surface area contributed by atoms with E-state index in [-0.39, 0.29) is 11.3 Å². The van der Waals surface area contributed by atoms with E-state index in [1.54, 1.807) is 26.2 Å². The fourth-order valence-electron chi connectivity index (χ4n) is 2.64. The Balaban J connectivity index is 2.30. The Morgan fingerprint density at radius 1 is 1.27 bits per heavy atom. The quantitative estimate of drug-likeness (QED) is 0.802. The Kier molecular flexibility index (Phi) is 6.26. The van der Waals surface area contributed by atoms with Gasteiger partial charge in [-0.2, -0.15) is 0 Å². The standard InChI is InChI=1S/C19H27N3O3S/c1-12-16(18(23)22(4)11-19(2,3)10-20)26-17(21-12)13-7-8-14(24-5)15(9-13)25-6/h7-9H,10-11,20H2,1-6H3. The first kappa shape index (κ1) is 20.2. The van der Waals surface area contributed by atoms with E-state index in [4.69, 9.17) is 15.2 Å². The molecule has 0 atom stereocenters. The summed E-state index contributed by atoms with van der Waals surface area (Å²) >= 11 is 1.39. The molecule has 142 valence electrons. The highest BCUT2D eigenvalue weighted by atomic mass is 32.1. The molecule has 0 aliphatic rings. The molecule has 2 aromatic rings. The number of aromatic nitrogens is 1. The summed E-state index contributed by atoms with van der Waals surface area (Å²) < 4.78 is 10.6. The third-order valence-corrected chi connectivity index (χ3v) is 5.38. The summed E-state index contributed by atoms with van der Waals surface area (Å²) in [6.45, 7) is 7.06. The van der Waals surface area contributed by atoms with E-state index in [1.807, 2.05) is 39.0 Å². The van der Waals surface area contributed by atoms with Crippen LogP contribution in [0.5, 0.6) is 11.5 Å². The molecule has 2 rings (SSSR count). The normalized spacial score (nSPS) is 11.3. The molecule has 0 saturated carbocycles. The summed E-state index contributed by atoms with van der Waals surface area (Å²) in [6, 6.07) is 5.62. The minimum absolute atomic E-state index is 0.0340. The van der Waals surface area contributed by atoms with E-state index in [0.29, 0.717) is 29.5 Å². The number of amides is 1. The fourth-order valence-corrected chi connectivity index (χ4v) is 3.70. The molecule has 26 heavy (non-hydrogen) atoms. The molecule has 0 aliphatic carbocycles. The third kappa shape index (κ3) is 4.34. The fraction of sp³-hybridized carbons (Fsp3) is 0.474. The van der Waals surface area contributed by atoms with E-state index in [2.05, 4.69) is 4.98 Å². The van der Waals surface area contributed by atoms with Crippen LogP contribution in [0.3, 0.4) is 0 Å². The van der Waals surface area contributed by atoms with Gasteiger partial charge in [-0.3, -0.25) is 4.79 Å². The van der Waals surface area contributed by atoms with Crippen LogP contribution in [0.2, 0.25) is 0 Å². The molecule has 0 saturated heterocycles. The summed E-state index contributed by atoms with van der Waals surface area (Å²) in [5, 5.41) is 0.776. The molecule has 0 unspecified atom stereocenters. The third-order valence-electron chi connectivity index (χ3n) is 4.19. The summed E-state index contributed by atoms with van der Waals surface area (Å²) in [5.74, 6) is 1.25. The lowest BCUT2D eigenvalue weighted by molar-refractivity contribution is 0.0744. The van der Waals surface area contributed by atoms with Crippen molar-refractivity contribution in [1.82, 2.24) is 9.88 Å². The second kappa shape index (κ2) is 8.05. The number of nitrogens with zero attached hydrogens (tertiary/aromatic N) is 2. The smallest absolute Gasteiger partial charge is 0.265 e. The molecular formula is C19H27N3O3S. The van der Waals surface area contributed by atoms with Crippen molar-refractivity contribution in [2.45, 2.75) is 20.8 Å². The topological polar surface area (TPSA) is 77.7 Å². The largest absolute Gasteiger partial charge is 0.493 e. The molecule has 0 spiro atoms. The maximum absolute atomic E-state index is 12.8. The van der Waals surface area contributed by atoms with E-state index in [1.165, 1.54) is 11.3 Å². The maximum Gasteiger partial charge on any atom is 0.265 e. The molecular weight excluding hydrogens is 350 g/mol. The van der Waals surface area contributed by atoms with Gasteiger partial charge < -0.3 is 20.1 Å². The number of aryl methyl sites for hydroxylation is 1. The Labute approximate surface area is 158 Å². The molecule has 1 heterocycles. The second-order valence-corrected chi connectivity index (χ2v) is 8.03. The second-order valence-electron chi connectivity index (χ2n) is 7.03. The van der Waals surface area contributed by atoms with Crippen LogP contribution >= 0.6 is 11.3 Å². The first-order valence-corrected chi connectivity index (χ1v) is 9.19. The van der Waals surface area contributed by atoms with Crippen molar-refractivity contribution in [3.05, 3.63) is 28.8 Å². The van der Waals surface area contributed by atoms with Crippen LogP contribution in [-0.4, -0.2) is 50.1 Å². The number of methoxy groups -OCH3 is 2. The lowest BCUT2D eigenvalue weighted by Gasteiger charge is -2.28. The van der Waals surface area contributed by atoms with Crippen molar-refractivity contribution in [3.8, 4) is 22.1 Å². The highest BCUT2D eigenvalue weighted by Crippen LogP contribution is 2.35. The van der Waals surface area contributed by atoms with Crippen molar-refractivity contribution in [1.29, 1.82) is 0 Å². The lowest BCUT2D eigenvalue weighted by Crippen LogP contribution is -2.39. The summed E-state index contributed by atoms with van der Waals surface area (Å²) in [7, 11) is 4.99. The van der Waals surface area contributed by atoms with Gasteiger partial charge in [0.25, 0.3) is 5.91 Å². The molecule has 0 radical (unpaired) electrons. The van der Waals surface area contributed by atoms with Crippen molar-refractivity contribution in [2.75, 3.05) is 34.4 Å². The van der Waals surface area contributed by atoms with Crippen molar-refractivity contribution < 1.29 is 14.3 Å². The number of carbonyl (C=O) groups is 1. The van der Waals surface area contributed by atoms with Crippen LogP contribution in [0.15, 0.2) is 18.2 Å². The number of hydrogen-bond acceptors (Lipinski definition) is 6. The van der Waals surface area contributed by atoms with E-state index in [9.17, 15) is 4.79 Å². The molecule has 1 amide bonds. The van der Waals surface area contributed by atoms with Gasteiger partial charge in [0.05, 0.1) is 19.9 Å². The van der Waals surface area contributed by atoms with Gasteiger partial charge >= 0.3 is 0 Å². The average molecular weight is 378 g/mol. The Bertz CT molecular complexity index is 786. The van der Waals surface area contributed by atoms with E-state index in [0.717, 1.165) is 16.3 Å². The Morgan fingerprint density at radius 2 is 1.92 bits per heavy atom. The number of benzene rings is 1. The lowest BCUT2D eigenvalue weighted by atomic mass is 9.93. The molecule has 1 aromatic carbocycles. The van der Waals surface area contributed by atoms with Crippen LogP contribution in [0.1, 0.15) is 29.2 Å². The number of thiazole rings is 1. The van der Waals surface area contributed by atoms with Gasteiger partial charge in [-0.25, -0.2) is 4.98 Å². The number of carbonyl (C=O) groups excluding carboxylic acids is 1. The highest BCUT2D eigenvalue weighted by molar-refractivity contribution is 7.17. The number of hydrogen-bond donors (Lipinski definition) is 1. The highest BCUT2D eigenvalue weighted by Gasteiger charge is 2.25. The molecule has 0 fully saturated rings. The van der Waals surface area contributed by atoms with Crippen LogP contribution in [0.25, 0.3) is 10.6 Å². The Hall–Kier alpha value is -2.12. The summed E-state index contributed by atoms with van der Waals surface area (Å²) in [6.07, 6.45) is 0. The van der Waals surface area contributed by atoms with Crippen LogP contribution in [0, 0.1) is 12.3 Å². The zero-order chi connectivity index (χ0) is 19.5. The average Bonchev–Trinajstić information content (AvgIpc) is 3.01. The van der Waals surface area contributed by atoms with E-state index < -0.39 is 0 Å². The molecule has 7 heteroatoms.